The Morgan fingerprint density at radius 1 is 0.975 bits per heavy atom. The van der Waals surface area contributed by atoms with Crippen LogP contribution >= 0.6 is 22.9 Å². The fraction of sp³-hybridized carbons (Fsp3) is 0.167. The van der Waals surface area contributed by atoms with Crippen LogP contribution in [0.4, 0.5) is 0 Å². The van der Waals surface area contributed by atoms with Crippen LogP contribution in [0.5, 0.6) is 11.5 Å². The lowest BCUT2D eigenvalue weighted by Crippen LogP contribution is -2.13. The smallest absolute Gasteiger partial charge is 0.354 e. The van der Waals surface area contributed by atoms with Crippen molar-refractivity contribution in [1.29, 1.82) is 0 Å². The molecule has 2 aromatic heterocycles. The highest BCUT2D eigenvalue weighted by Crippen LogP contribution is 2.29. The van der Waals surface area contributed by atoms with Gasteiger partial charge in [-0.3, -0.25) is 0 Å². The normalized spacial score (nSPS) is 11.4. The number of esters is 1. The molecule has 10 heteroatoms. The third-order valence-electron chi connectivity index (χ3n) is 6.21. The van der Waals surface area contributed by atoms with Gasteiger partial charge in [0.05, 0.1) is 6.61 Å². The molecular formula is C30H26ClNO6S2. The van der Waals surface area contributed by atoms with Gasteiger partial charge in [-0.2, -0.15) is 19.8 Å². The van der Waals surface area contributed by atoms with Crippen LogP contribution in [0.25, 0.3) is 10.9 Å². The maximum absolute atomic E-state index is 12.7. The summed E-state index contributed by atoms with van der Waals surface area (Å²) in [6.07, 6.45) is 0.787. The van der Waals surface area contributed by atoms with Gasteiger partial charge in [-0.05, 0) is 90.3 Å². The number of rotatable bonds is 11. The molecular weight excluding hydrogens is 570 g/mol. The summed E-state index contributed by atoms with van der Waals surface area (Å²) in [6, 6.07) is 22.0. The minimum atomic E-state index is -3.99. The molecule has 0 unspecified atom stereocenters. The number of aryl methyl sites for hydroxylation is 2. The van der Waals surface area contributed by atoms with E-state index in [9.17, 15) is 13.2 Å². The van der Waals surface area contributed by atoms with E-state index in [0.717, 1.165) is 17.3 Å². The highest BCUT2D eigenvalue weighted by molar-refractivity contribution is 7.87. The zero-order chi connectivity index (χ0) is 28.1. The van der Waals surface area contributed by atoms with Crippen LogP contribution in [0.15, 0.2) is 94.5 Å². The average Bonchev–Trinajstić information content (AvgIpc) is 3.60. The summed E-state index contributed by atoms with van der Waals surface area (Å²) in [5.74, 6) is 0.321. The molecule has 5 aromatic rings. The van der Waals surface area contributed by atoms with Crippen molar-refractivity contribution in [2.75, 3.05) is 6.61 Å². The molecule has 0 fully saturated rings. The molecule has 0 saturated carbocycles. The van der Waals surface area contributed by atoms with Crippen LogP contribution in [0, 0.1) is 0 Å². The summed E-state index contributed by atoms with van der Waals surface area (Å²) < 4.78 is 43.8. The Morgan fingerprint density at radius 2 is 1.77 bits per heavy atom. The summed E-state index contributed by atoms with van der Waals surface area (Å²) in [7, 11) is -3.99. The molecule has 3 aromatic carbocycles. The van der Waals surface area contributed by atoms with E-state index in [0.29, 0.717) is 28.6 Å². The number of thiophene rings is 1. The van der Waals surface area contributed by atoms with E-state index in [1.807, 2.05) is 34.2 Å². The first-order chi connectivity index (χ1) is 19.3. The molecule has 2 heterocycles. The maximum Gasteiger partial charge on any atom is 0.354 e. The molecule has 0 radical (unpaired) electrons. The van der Waals surface area contributed by atoms with Gasteiger partial charge in [-0.15, -0.1) is 0 Å². The Kier molecular flexibility index (Phi) is 8.44. The first-order valence-corrected chi connectivity index (χ1v) is 15.3. The Hall–Kier alpha value is -3.79. The number of hydrogen-bond acceptors (Lipinski definition) is 7. The maximum atomic E-state index is 12.7. The molecule has 0 spiro atoms. The van der Waals surface area contributed by atoms with Crippen molar-refractivity contribution in [2.45, 2.75) is 31.4 Å². The van der Waals surface area contributed by atoms with Gasteiger partial charge in [0, 0.05) is 28.0 Å². The van der Waals surface area contributed by atoms with Crippen molar-refractivity contribution in [2.24, 2.45) is 0 Å². The average molecular weight is 596 g/mol. The van der Waals surface area contributed by atoms with Gasteiger partial charge in [-0.1, -0.05) is 29.8 Å². The van der Waals surface area contributed by atoms with E-state index in [1.54, 1.807) is 48.6 Å². The lowest BCUT2D eigenvalue weighted by Gasteiger charge is -2.12. The van der Waals surface area contributed by atoms with Crippen LogP contribution in [0.3, 0.4) is 0 Å². The number of hydrogen-bond donors (Lipinski definition) is 0. The van der Waals surface area contributed by atoms with E-state index < -0.39 is 10.1 Å². The van der Waals surface area contributed by atoms with Crippen molar-refractivity contribution in [3.05, 3.63) is 111 Å². The van der Waals surface area contributed by atoms with E-state index in [1.165, 1.54) is 23.8 Å². The summed E-state index contributed by atoms with van der Waals surface area (Å²) in [5, 5.41) is 5.39. The van der Waals surface area contributed by atoms with Crippen LogP contribution < -0.4 is 8.92 Å². The quantitative estimate of drug-likeness (QED) is 0.119. The third-order valence-corrected chi connectivity index (χ3v) is 8.57. The van der Waals surface area contributed by atoms with Gasteiger partial charge >= 0.3 is 16.1 Å². The van der Waals surface area contributed by atoms with E-state index >= 15 is 0 Å². The van der Waals surface area contributed by atoms with E-state index in [-0.39, 0.29) is 29.8 Å². The van der Waals surface area contributed by atoms with Crippen molar-refractivity contribution in [3.63, 3.8) is 0 Å². The lowest BCUT2D eigenvalue weighted by molar-refractivity contribution is 0.0514. The first-order valence-electron chi connectivity index (χ1n) is 12.6. The van der Waals surface area contributed by atoms with E-state index in [2.05, 4.69) is 11.4 Å². The molecule has 0 bridgehead atoms. The fourth-order valence-electron chi connectivity index (χ4n) is 4.27. The summed E-state index contributed by atoms with van der Waals surface area (Å²) >= 11 is 8.02. The van der Waals surface area contributed by atoms with Crippen LogP contribution in [0.2, 0.25) is 5.02 Å². The Bertz CT molecular complexity index is 1730. The first kappa shape index (κ1) is 27.8. The molecule has 5 rings (SSSR count). The molecule has 40 heavy (non-hydrogen) atoms. The number of aromatic nitrogens is 1. The predicted octanol–water partition coefficient (Wildman–Crippen LogP) is 7.12. The van der Waals surface area contributed by atoms with Crippen LogP contribution in [0.1, 0.15) is 28.5 Å². The number of halogens is 1. The van der Waals surface area contributed by atoms with Gasteiger partial charge in [0.25, 0.3) is 0 Å². The van der Waals surface area contributed by atoms with Crippen molar-refractivity contribution < 1.29 is 26.9 Å². The second-order valence-electron chi connectivity index (χ2n) is 8.90. The molecule has 0 amide bonds. The minimum absolute atomic E-state index is 0.0560. The number of benzene rings is 3. The summed E-state index contributed by atoms with van der Waals surface area (Å²) in [5.41, 5.74) is 3.14. The molecule has 0 atom stereocenters. The zero-order valence-corrected chi connectivity index (χ0v) is 24.0. The van der Waals surface area contributed by atoms with Gasteiger partial charge in [-0.25, -0.2) is 4.79 Å². The van der Waals surface area contributed by atoms with Crippen molar-refractivity contribution >= 4 is 49.9 Å². The molecule has 0 saturated heterocycles. The second kappa shape index (κ2) is 12.2. The van der Waals surface area contributed by atoms with Gasteiger partial charge in [0.2, 0.25) is 0 Å². The highest BCUT2D eigenvalue weighted by atomic mass is 35.5. The molecule has 0 aliphatic carbocycles. The largest absolute Gasteiger partial charge is 0.489 e. The summed E-state index contributed by atoms with van der Waals surface area (Å²) in [4.78, 5) is 12.8. The number of carbonyl (C=O) groups is 1. The Labute approximate surface area is 241 Å². The van der Waals surface area contributed by atoms with Gasteiger partial charge < -0.3 is 18.2 Å². The predicted molar refractivity (Wildman–Crippen MR) is 156 cm³/mol. The number of carbonyl (C=O) groups excluding carboxylic acids is 1. The molecule has 7 nitrogen and oxygen atoms in total. The Morgan fingerprint density at radius 3 is 2.52 bits per heavy atom. The third kappa shape index (κ3) is 6.33. The topological polar surface area (TPSA) is 83.8 Å². The lowest BCUT2D eigenvalue weighted by atomic mass is 10.2. The van der Waals surface area contributed by atoms with Crippen molar-refractivity contribution in [1.82, 2.24) is 4.57 Å². The fourth-order valence-corrected chi connectivity index (χ4v) is 6.09. The summed E-state index contributed by atoms with van der Waals surface area (Å²) in [6.45, 7) is 2.78. The number of fused-ring (bicyclic) bond motifs is 1. The Balaban J connectivity index is 1.35. The SMILES string of the molecule is CCOC(=O)c1cc2cc(OCc3cc(OS(=O)(=O)c4ccccc4)ccc3Cl)ccc2n1CCc1ccsc1. The van der Waals surface area contributed by atoms with Gasteiger partial charge in [0.15, 0.2) is 0 Å². The monoisotopic (exact) mass is 595 g/mol. The zero-order valence-electron chi connectivity index (χ0n) is 21.6. The molecule has 0 aliphatic heterocycles. The van der Waals surface area contributed by atoms with Crippen LogP contribution in [-0.4, -0.2) is 25.6 Å². The minimum Gasteiger partial charge on any atom is -0.489 e. The highest BCUT2D eigenvalue weighted by Gasteiger charge is 2.19. The molecule has 206 valence electrons. The van der Waals surface area contributed by atoms with E-state index in [4.69, 9.17) is 25.3 Å². The number of ether oxygens (including phenoxy) is 2. The van der Waals surface area contributed by atoms with Gasteiger partial charge in [0.1, 0.15) is 28.7 Å². The molecule has 0 aliphatic rings. The standard InChI is InChI=1S/C30H26ClNO6S2/c1-2-36-30(33)29-18-22-16-24(9-11-28(22)32(29)14-12-21-13-15-39-20-21)37-19-23-17-25(8-10-27(23)31)38-40(34,35)26-6-4-3-5-7-26/h3-11,13,15-18,20H,2,12,14,19H2,1H3. The number of nitrogens with zero attached hydrogens (tertiary/aromatic N) is 1. The van der Waals surface area contributed by atoms with Crippen LogP contribution in [-0.2, 0) is 34.4 Å². The molecule has 0 N–H and O–H groups in total. The van der Waals surface area contributed by atoms with Crippen molar-refractivity contribution in [3.8, 4) is 11.5 Å². The second-order valence-corrected chi connectivity index (χ2v) is 11.6.